The van der Waals surface area contributed by atoms with Crippen molar-refractivity contribution in [2.75, 3.05) is 0 Å². The van der Waals surface area contributed by atoms with Crippen molar-refractivity contribution in [3.63, 3.8) is 0 Å². The summed E-state index contributed by atoms with van der Waals surface area (Å²) in [4.78, 5) is 17.8. The molecule has 1 unspecified atom stereocenters. The first-order valence-electron chi connectivity index (χ1n) is 4.48. The fourth-order valence-electron chi connectivity index (χ4n) is 1.47. The highest BCUT2D eigenvalue weighted by Gasteiger charge is 2.06. The molecule has 0 aromatic carbocycles. The molecule has 74 valence electrons. The zero-order valence-electron chi connectivity index (χ0n) is 7.92. The van der Waals surface area contributed by atoms with Crippen molar-refractivity contribution in [2.45, 2.75) is 19.5 Å². The Labute approximate surface area is 81.0 Å². The van der Waals surface area contributed by atoms with Gasteiger partial charge in [0.1, 0.15) is 0 Å². The first kappa shape index (κ1) is 8.80. The van der Waals surface area contributed by atoms with Gasteiger partial charge in [-0.3, -0.25) is 4.57 Å². The third kappa shape index (κ3) is 1.61. The maximum Gasteiger partial charge on any atom is 0.325 e. The summed E-state index contributed by atoms with van der Waals surface area (Å²) in [6.45, 7) is 2.74. The highest BCUT2D eigenvalue weighted by Crippen LogP contribution is 2.04. The monoisotopic (exact) mass is 192 g/mol. The molecule has 2 aromatic heterocycles. The first-order valence-corrected chi connectivity index (χ1v) is 4.48. The van der Waals surface area contributed by atoms with Gasteiger partial charge in [-0.05, 0) is 6.92 Å². The third-order valence-corrected chi connectivity index (χ3v) is 2.19. The minimum Gasteiger partial charge on any atom is -0.335 e. The van der Waals surface area contributed by atoms with Crippen molar-refractivity contribution in [2.24, 2.45) is 0 Å². The van der Waals surface area contributed by atoms with Gasteiger partial charge in [0.05, 0.1) is 12.4 Å². The summed E-state index contributed by atoms with van der Waals surface area (Å²) in [6.07, 6.45) is 8.76. The molecule has 2 aromatic rings. The van der Waals surface area contributed by atoms with Gasteiger partial charge in [-0.1, -0.05) is 0 Å². The normalized spacial score (nSPS) is 12.9. The molecule has 1 atom stereocenters. The van der Waals surface area contributed by atoms with Gasteiger partial charge in [-0.2, -0.15) is 0 Å². The molecule has 2 rings (SSSR count). The van der Waals surface area contributed by atoms with E-state index in [0.29, 0.717) is 0 Å². The molecule has 1 N–H and O–H groups in total. The van der Waals surface area contributed by atoms with Gasteiger partial charge >= 0.3 is 5.69 Å². The summed E-state index contributed by atoms with van der Waals surface area (Å²) in [5, 5.41) is 0. The maximum absolute atomic E-state index is 11.3. The predicted octanol–water partition coefficient (Wildman–Crippen LogP) is 0.634. The van der Waals surface area contributed by atoms with E-state index < -0.39 is 0 Å². The maximum atomic E-state index is 11.3. The van der Waals surface area contributed by atoms with E-state index in [2.05, 4.69) is 9.97 Å². The van der Waals surface area contributed by atoms with E-state index >= 15 is 0 Å². The lowest BCUT2D eigenvalue weighted by molar-refractivity contribution is 0.454. The Morgan fingerprint density at radius 2 is 2.43 bits per heavy atom. The van der Waals surface area contributed by atoms with Crippen molar-refractivity contribution in [1.82, 2.24) is 19.1 Å². The Kier molecular flexibility index (Phi) is 2.22. The average Bonchev–Trinajstić information content (AvgIpc) is 2.75. The van der Waals surface area contributed by atoms with E-state index in [1.165, 1.54) is 0 Å². The lowest BCUT2D eigenvalue weighted by atomic mass is 10.3. The Bertz CT molecular complexity index is 439. The van der Waals surface area contributed by atoms with Gasteiger partial charge < -0.3 is 9.55 Å². The quantitative estimate of drug-likeness (QED) is 0.775. The van der Waals surface area contributed by atoms with Crippen LogP contribution in [-0.4, -0.2) is 19.1 Å². The highest BCUT2D eigenvalue weighted by molar-refractivity contribution is 4.82. The van der Waals surface area contributed by atoms with E-state index in [1.807, 2.05) is 17.7 Å². The topological polar surface area (TPSA) is 55.6 Å². The minimum atomic E-state index is -0.0717. The second-order valence-corrected chi connectivity index (χ2v) is 3.28. The number of hydrogen-bond acceptors (Lipinski definition) is 2. The summed E-state index contributed by atoms with van der Waals surface area (Å²) in [5.74, 6) is 0. The van der Waals surface area contributed by atoms with Crippen LogP contribution in [0.2, 0.25) is 0 Å². The Balaban J connectivity index is 2.14. The fraction of sp³-hybridized carbons (Fsp3) is 0.333. The molecule has 5 heteroatoms. The minimum absolute atomic E-state index is 0.0717. The number of aromatic amines is 1. The van der Waals surface area contributed by atoms with Gasteiger partial charge in [0.15, 0.2) is 0 Å². The highest BCUT2D eigenvalue weighted by atomic mass is 16.1. The Morgan fingerprint density at radius 3 is 3.00 bits per heavy atom. The van der Waals surface area contributed by atoms with Crippen molar-refractivity contribution in [3.8, 4) is 0 Å². The van der Waals surface area contributed by atoms with E-state index in [1.54, 1.807) is 29.5 Å². The molecular weight excluding hydrogens is 180 g/mol. The second kappa shape index (κ2) is 3.53. The Morgan fingerprint density at radius 1 is 1.57 bits per heavy atom. The number of rotatable bonds is 3. The van der Waals surface area contributed by atoms with E-state index in [-0.39, 0.29) is 11.7 Å². The molecule has 14 heavy (non-hydrogen) atoms. The van der Waals surface area contributed by atoms with Gasteiger partial charge in [0, 0.05) is 31.3 Å². The summed E-state index contributed by atoms with van der Waals surface area (Å²) in [5.41, 5.74) is -0.0717. The van der Waals surface area contributed by atoms with Crippen LogP contribution in [0.4, 0.5) is 0 Å². The summed E-state index contributed by atoms with van der Waals surface area (Å²) in [6, 6.07) is 0.128. The summed E-state index contributed by atoms with van der Waals surface area (Å²) in [7, 11) is 0. The largest absolute Gasteiger partial charge is 0.335 e. The molecule has 5 nitrogen and oxygen atoms in total. The van der Waals surface area contributed by atoms with Crippen LogP contribution in [0.1, 0.15) is 13.0 Å². The van der Waals surface area contributed by atoms with Crippen LogP contribution in [0.25, 0.3) is 0 Å². The molecular formula is C9H12N4O. The fourth-order valence-corrected chi connectivity index (χ4v) is 1.47. The van der Waals surface area contributed by atoms with Crippen LogP contribution in [0.5, 0.6) is 0 Å². The lowest BCUT2D eigenvalue weighted by Gasteiger charge is -2.12. The Hall–Kier alpha value is -1.78. The first-order chi connectivity index (χ1) is 6.77. The van der Waals surface area contributed by atoms with Gasteiger partial charge in [0.2, 0.25) is 0 Å². The van der Waals surface area contributed by atoms with E-state index in [9.17, 15) is 4.79 Å². The van der Waals surface area contributed by atoms with Crippen LogP contribution in [0.3, 0.4) is 0 Å². The zero-order chi connectivity index (χ0) is 9.97. The van der Waals surface area contributed by atoms with E-state index in [0.717, 1.165) is 6.54 Å². The second-order valence-electron chi connectivity index (χ2n) is 3.28. The summed E-state index contributed by atoms with van der Waals surface area (Å²) >= 11 is 0. The molecule has 0 fully saturated rings. The van der Waals surface area contributed by atoms with E-state index in [4.69, 9.17) is 0 Å². The third-order valence-electron chi connectivity index (χ3n) is 2.19. The molecule has 0 aliphatic rings. The van der Waals surface area contributed by atoms with Gasteiger partial charge in [-0.15, -0.1) is 0 Å². The number of nitrogens with zero attached hydrogens (tertiary/aromatic N) is 3. The number of aromatic nitrogens is 4. The molecule has 0 amide bonds. The van der Waals surface area contributed by atoms with Gasteiger partial charge in [0.25, 0.3) is 0 Å². The average molecular weight is 192 g/mol. The molecule has 0 aliphatic carbocycles. The van der Waals surface area contributed by atoms with Crippen LogP contribution < -0.4 is 5.69 Å². The molecule has 0 spiro atoms. The smallest absolute Gasteiger partial charge is 0.325 e. The molecule has 0 bridgehead atoms. The molecule has 0 saturated carbocycles. The van der Waals surface area contributed by atoms with Crippen LogP contribution >= 0.6 is 0 Å². The zero-order valence-corrected chi connectivity index (χ0v) is 7.92. The SMILES string of the molecule is CC(Cn1ccnc1)n1cc[nH]c1=O. The van der Waals surface area contributed by atoms with Crippen molar-refractivity contribution < 1.29 is 0 Å². The number of nitrogens with one attached hydrogen (secondary N) is 1. The van der Waals surface area contributed by atoms with Crippen LogP contribution in [0.15, 0.2) is 35.9 Å². The van der Waals surface area contributed by atoms with Crippen LogP contribution in [0, 0.1) is 0 Å². The molecule has 0 aliphatic heterocycles. The number of hydrogen-bond donors (Lipinski definition) is 1. The lowest BCUT2D eigenvalue weighted by Crippen LogP contribution is -2.22. The molecule has 0 radical (unpaired) electrons. The van der Waals surface area contributed by atoms with Gasteiger partial charge in [-0.25, -0.2) is 9.78 Å². The summed E-state index contributed by atoms with van der Waals surface area (Å²) < 4.78 is 3.62. The predicted molar refractivity (Wildman–Crippen MR) is 52.0 cm³/mol. The van der Waals surface area contributed by atoms with Crippen molar-refractivity contribution >= 4 is 0 Å². The number of imidazole rings is 2. The van der Waals surface area contributed by atoms with Crippen molar-refractivity contribution in [3.05, 3.63) is 41.6 Å². The standard InChI is InChI=1S/C9H12N4O/c1-8(6-12-4-2-10-7-12)13-5-3-11-9(13)14/h2-5,7-8H,6H2,1H3,(H,11,14). The molecule has 0 saturated heterocycles. The molecule has 2 heterocycles. The van der Waals surface area contributed by atoms with Crippen molar-refractivity contribution in [1.29, 1.82) is 0 Å². The van der Waals surface area contributed by atoms with Crippen LogP contribution in [-0.2, 0) is 6.54 Å². The number of H-pyrrole nitrogens is 1.